The van der Waals surface area contributed by atoms with Gasteiger partial charge in [-0.3, -0.25) is 4.79 Å². The fraction of sp³-hybridized carbons (Fsp3) is 0.500. The number of carbonyl (C=O) groups is 3. The largest absolute Gasteiger partial charge is 0.452 e. The maximum atomic E-state index is 12.6. The highest BCUT2D eigenvalue weighted by Gasteiger charge is 2.62. The molecule has 25 heavy (non-hydrogen) atoms. The van der Waals surface area contributed by atoms with E-state index in [1.807, 2.05) is 30.3 Å². The van der Waals surface area contributed by atoms with Gasteiger partial charge in [0.2, 0.25) is 5.91 Å². The molecule has 0 aromatic heterocycles. The summed E-state index contributed by atoms with van der Waals surface area (Å²) in [7, 11) is 1.25. The Labute approximate surface area is 146 Å². The summed E-state index contributed by atoms with van der Waals surface area (Å²) in [4.78, 5) is 39.9. The van der Waals surface area contributed by atoms with Gasteiger partial charge in [-0.1, -0.05) is 30.3 Å². The van der Waals surface area contributed by atoms with Crippen LogP contribution in [0.3, 0.4) is 0 Å². The highest BCUT2D eigenvalue weighted by molar-refractivity contribution is 5.99. The Morgan fingerprint density at radius 1 is 1.20 bits per heavy atom. The average Bonchev–Trinajstić information content (AvgIpc) is 3.12. The van der Waals surface area contributed by atoms with Crippen molar-refractivity contribution in [2.75, 3.05) is 13.7 Å². The van der Waals surface area contributed by atoms with Crippen molar-refractivity contribution in [3.63, 3.8) is 0 Å². The molecule has 0 bridgehead atoms. The van der Waals surface area contributed by atoms with Crippen LogP contribution in [0, 0.1) is 5.41 Å². The van der Waals surface area contributed by atoms with E-state index >= 15 is 0 Å². The molecular formula is C18H22N2O5. The number of amides is 3. The van der Waals surface area contributed by atoms with E-state index in [9.17, 15) is 14.4 Å². The zero-order valence-corrected chi connectivity index (χ0v) is 14.6. The first-order valence-corrected chi connectivity index (χ1v) is 8.27. The number of hydrogen-bond donors (Lipinski definition) is 0. The Hall–Kier alpha value is -2.57. The van der Waals surface area contributed by atoms with Crippen molar-refractivity contribution < 1.29 is 23.9 Å². The summed E-state index contributed by atoms with van der Waals surface area (Å²) < 4.78 is 10.2. The standard InChI is InChI=1S/C18H22N2O5/c1-18(2)14-13(20(15(18)21)17(23)24-3)9-10-19(14)16(22)25-11-12-7-5-4-6-8-12/h4-8,13-14H,9-11H2,1-3H3/t13-,14-/m0/s1. The lowest BCUT2D eigenvalue weighted by molar-refractivity contribution is -0.134. The molecule has 3 rings (SSSR count). The zero-order valence-electron chi connectivity index (χ0n) is 14.6. The van der Waals surface area contributed by atoms with Gasteiger partial charge in [0.05, 0.1) is 24.6 Å². The van der Waals surface area contributed by atoms with Gasteiger partial charge in [-0.25, -0.2) is 14.5 Å². The van der Waals surface area contributed by atoms with Crippen LogP contribution >= 0.6 is 0 Å². The maximum Gasteiger partial charge on any atom is 0.416 e. The van der Waals surface area contributed by atoms with Crippen molar-refractivity contribution in [2.24, 2.45) is 5.41 Å². The second kappa shape index (κ2) is 6.38. The molecule has 2 fully saturated rings. The summed E-state index contributed by atoms with van der Waals surface area (Å²) >= 11 is 0. The van der Waals surface area contributed by atoms with E-state index < -0.39 is 23.6 Å². The second-order valence-electron chi connectivity index (χ2n) is 6.90. The molecule has 1 aromatic carbocycles. The lowest BCUT2D eigenvalue weighted by Crippen LogP contribution is -2.46. The van der Waals surface area contributed by atoms with E-state index in [2.05, 4.69) is 0 Å². The Morgan fingerprint density at radius 2 is 1.88 bits per heavy atom. The van der Waals surface area contributed by atoms with E-state index in [0.29, 0.717) is 13.0 Å². The van der Waals surface area contributed by atoms with Gasteiger partial charge >= 0.3 is 12.2 Å². The fourth-order valence-corrected chi connectivity index (χ4v) is 3.83. The van der Waals surface area contributed by atoms with Crippen molar-refractivity contribution in [1.82, 2.24) is 9.80 Å². The van der Waals surface area contributed by atoms with E-state index in [4.69, 9.17) is 9.47 Å². The second-order valence-corrected chi connectivity index (χ2v) is 6.90. The number of likely N-dealkylation sites (tertiary alicyclic amines) is 2. The van der Waals surface area contributed by atoms with E-state index in [0.717, 1.165) is 10.5 Å². The highest BCUT2D eigenvalue weighted by Crippen LogP contribution is 2.44. The number of fused-ring (bicyclic) bond motifs is 1. The van der Waals surface area contributed by atoms with Gasteiger partial charge in [0.1, 0.15) is 6.61 Å². The minimum absolute atomic E-state index is 0.169. The third-order valence-corrected chi connectivity index (χ3v) is 5.02. The first kappa shape index (κ1) is 17.3. The highest BCUT2D eigenvalue weighted by atomic mass is 16.6. The molecule has 3 amide bonds. The minimum Gasteiger partial charge on any atom is -0.452 e. The predicted molar refractivity (Wildman–Crippen MR) is 88.6 cm³/mol. The molecule has 0 spiro atoms. The van der Waals surface area contributed by atoms with E-state index in [-0.39, 0.29) is 18.6 Å². The Bertz CT molecular complexity index is 688. The number of ether oxygens (including phenoxy) is 2. The van der Waals surface area contributed by atoms with E-state index in [1.54, 1.807) is 18.7 Å². The lowest BCUT2D eigenvalue weighted by atomic mass is 9.84. The summed E-state index contributed by atoms with van der Waals surface area (Å²) in [6, 6.07) is 8.61. The fourth-order valence-electron chi connectivity index (χ4n) is 3.83. The number of hydrogen-bond acceptors (Lipinski definition) is 5. The quantitative estimate of drug-likeness (QED) is 0.822. The van der Waals surface area contributed by atoms with Crippen LogP contribution in [-0.2, 0) is 20.9 Å². The third-order valence-electron chi connectivity index (χ3n) is 5.02. The van der Waals surface area contributed by atoms with Crippen LogP contribution < -0.4 is 0 Å². The summed E-state index contributed by atoms with van der Waals surface area (Å²) in [6.45, 7) is 4.10. The third kappa shape index (κ3) is 2.83. The van der Waals surface area contributed by atoms with Crippen LogP contribution in [0.5, 0.6) is 0 Å². The van der Waals surface area contributed by atoms with Crippen LogP contribution in [0.2, 0.25) is 0 Å². The Kier molecular flexibility index (Phi) is 4.41. The first-order chi connectivity index (χ1) is 11.9. The SMILES string of the molecule is COC(=O)N1C(=O)C(C)(C)[C@@H]2[C@@H]1CCN2C(=O)OCc1ccccc1. The van der Waals surface area contributed by atoms with Gasteiger partial charge in [-0.2, -0.15) is 0 Å². The molecule has 0 aliphatic carbocycles. The number of benzene rings is 1. The molecule has 2 saturated heterocycles. The number of imide groups is 1. The Balaban J connectivity index is 1.75. The van der Waals surface area contributed by atoms with Crippen LogP contribution in [0.25, 0.3) is 0 Å². The normalized spacial score (nSPS) is 24.2. The zero-order chi connectivity index (χ0) is 18.2. The van der Waals surface area contributed by atoms with Crippen molar-refractivity contribution >= 4 is 18.1 Å². The van der Waals surface area contributed by atoms with Gasteiger partial charge in [0.15, 0.2) is 0 Å². The predicted octanol–water partition coefficient (Wildman–Crippen LogP) is 2.40. The van der Waals surface area contributed by atoms with Crippen LogP contribution in [0.1, 0.15) is 25.8 Å². The van der Waals surface area contributed by atoms with Gasteiger partial charge in [-0.05, 0) is 25.8 Å². The topological polar surface area (TPSA) is 76.2 Å². The number of carbonyl (C=O) groups excluding carboxylic acids is 3. The van der Waals surface area contributed by atoms with Crippen molar-refractivity contribution in [3.05, 3.63) is 35.9 Å². The van der Waals surface area contributed by atoms with Crippen molar-refractivity contribution in [1.29, 1.82) is 0 Å². The molecular weight excluding hydrogens is 324 g/mol. The minimum atomic E-state index is -0.874. The van der Waals surface area contributed by atoms with Gasteiger partial charge in [0.25, 0.3) is 0 Å². The van der Waals surface area contributed by atoms with Crippen LogP contribution in [0.15, 0.2) is 30.3 Å². The molecule has 1 aromatic rings. The van der Waals surface area contributed by atoms with Crippen molar-refractivity contribution in [2.45, 2.75) is 39.0 Å². The molecule has 2 atom stereocenters. The summed E-state index contributed by atoms with van der Waals surface area (Å²) in [5.41, 5.74) is 0.0192. The smallest absolute Gasteiger partial charge is 0.416 e. The lowest BCUT2D eigenvalue weighted by Gasteiger charge is -2.31. The summed E-state index contributed by atoms with van der Waals surface area (Å²) in [6.07, 6.45) is -0.621. The molecule has 134 valence electrons. The summed E-state index contributed by atoms with van der Waals surface area (Å²) in [5, 5.41) is 0. The molecule has 7 heteroatoms. The maximum absolute atomic E-state index is 12.6. The number of nitrogens with zero attached hydrogens (tertiary/aromatic N) is 2. The first-order valence-electron chi connectivity index (χ1n) is 8.27. The summed E-state index contributed by atoms with van der Waals surface area (Å²) in [5.74, 6) is -0.324. The molecule has 2 heterocycles. The van der Waals surface area contributed by atoms with Crippen molar-refractivity contribution in [3.8, 4) is 0 Å². The number of rotatable bonds is 2. The molecule has 0 radical (unpaired) electrons. The van der Waals surface area contributed by atoms with Gasteiger partial charge in [-0.15, -0.1) is 0 Å². The van der Waals surface area contributed by atoms with Gasteiger partial charge in [0, 0.05) is 6.54 Å². The van der Waals surface area contributed by atoms with Crippen LogP contribution in [0.4, 0.5) is 9.59 Å². The Morgan fingerprint density at radius 3 is 2.52 bits per heavy atom. The van der Waals surface area contributed by atoms with Gasteiger partial charge < -0.3 is 14.4 Å². The molecule has 2 aliphatic rings. The molecule has 7 nitrogen and oxygen atoms in total. The molecule has 0 unspecified atom stereocenters. The molecule has 0 N–H and O–H groups in total. The van der Waals surface area contributed by atoms with Crippen LogP contribution in [-0.4, -0.2) is 53.6 Å². The molecule has 0 saturated carbocycles. The van der Waals surface area contributed by atoms with E-state index in [1.165, 1.54) is 7.11 Å². The average molecular weight is 346 g/mol. The monoisotopic (exact) mass is 346 g/mol. The number of methoxy groups -OCH3 is 1. The molecule has 2 aliphatic heterocycles.